The number of hydrogen-bond acceptors (Lipinski definition) is 5. The Morgan fingerprint density at radius 1 is 1.48 bits per heavy atom. The number of rotatable bonds is 7. The van der Waals surface area contributed by atoms with Crippen LogP contribution in [0, 0.1) is 23.2 Å². The molecule has 0 aromatic heterocycles. The Kier molecular flexibility index (Phi) is 8.21. The molecule has 1 aliphatic carbocycles. The first kappa shape index (κ1) is 21.3. The van der Waals surface area contributed by atoms with E-state index >= 15 is 0 Å². The molecule has 1 heterocycles. The molecule has 2 N–H and O–H groups in total. The Balaban J connectivity index is 0.00000312. The summed E-state index contributed by atoms with van der Waals surface area (Å²) in [7, 11) is 0. The molecule has 0 saturated heterocycles. The second kappa shape index (κ2) is 9.65. The van der Waals surface area contributed by atoms with Crippen molar-refractivity contribution in [2.75, 3.05) is 19.7 Å². The van der Waals surface area contributed by atoms with Crippen molar-refractivity contribution in [3.63, 3.8) is 0 Å². The molecule has 0 saturated carbocycles. The molecular weight excluding hydrogens is 338 g/mol. The summed E-state index contributed by atoms with van der Waals surface area (Å²) in [5.41, 5.74) is 8.74. The zero-order valence-electron chi connectivity index (χ0n) is 15.2. The number of fused-ring (bicyclic) bond motifs is 1. The van der Waals surface area contributed by atoms with Gasteiger partial charge in [0.2, 0.25) is 0 Å². The van der Waals surface area contributed by atoms with Gasteiger partial charge in [0.15, 0.2) is 5.78 Å². The van der Waals surface area contributed by atoms with Crippen molar-refractivity contribution in [1.29, 1.82) is 5.26 Å². The lowest BCUT2D eigenvalue weighted by molar-refractivity contribution is -0.119. The summed E-state index contributed by atoms with van der Waals surface area (Å²) in [4.78, 5) is 14.2. The van der Waals surface area contributed by atoms with E-state index in [1.165, 1.54) is 0 Å². The summed E-state index contributed by atoms with van der Waals surface area (Å²) < 4.78 is 6.06. The molecule has 5 nitrogen and oxygen atoms in total. The fraction of sp³-hybridized carbons (Fsp3) is 0.579. The largest absolute Gasteiger partial charge is 0.491 e. The lowest BCUT2D eigenvalue weighted by Gasteiger charge is -2.35. The van der Waals surface area contributed by atoms with Crippen LogP contribution in [0.3, 0.4) is 0 Å². The fourth-order valence-corrected chi connectivity index (χ4v) is 3.00. The third kappa shape index (κ3) is 4.87. The van der Waals surface area contributed by atoms with E-state index in [-0.39, 0.29) is 24.6 Å². The number of allylic oxidation sites excluding steroid dienone is 2. The summed E-state index contributed by atoms with van der Waals surface area (Å²) in [6.07, 6.45) is 6.02. The molecule has 138 valence electrons. The first-order valence-electron chi connectivity index (χ1n) is 8.70. The quantitative estimate of drug-likeness (QED) is 0.700. The second-order valence-electron chi connectivity index (χ2n) is 6.71. The highest BCUT2D eigenvalue weighted by Gasteiger charge is 2.33. The molecule has 0 aromatic carbocycles. The molecule has 0 aromatic rings. The van der Waals surface area contributed by atoms with E-state index in [2.05, 4.69) is 31.7 Å². The summed E-state index contributed by atoms with van der Waals surface area (Å²) >= 11 is 0. The smallest absolute Gasteiger partial charge is 0.158 e. The minimum Gasteiger partial charge on any atom is -0.491 e. The van der Waals surface area contributed by atoms with Gasteiger partial charge in [-0.15, -0.1) is 12.4 Å². The van der Waals surface area contributed by atoms with Gasteiger partial charge in [-0.25, -0.2) is 0 Å². The summed E-state index contributed by atoms with van der Waals surface area (Å²) in [5, 5.41) is 9.22. The van der Waals surface area contributed by atoms with Crippen molar-refractivity contribution < 1.29 is 9.53 Å². The molecule has 0 fully saturated rings. The predicted molar refractivity (Wildman–Crippen MR) is 101 cm³/mol. The van der Waals surface area contributed by atoms with Crippen LogP contribution in [0.1, 0.15) is 40.0 Å². The molecule has 0 amide bonds. The maximum absolute atomic E-state index is 12.1. The van der Waals surface area contributed by atoms with Gasteiger partial charge in [-0.1, -0.05) is 27.2 Å². The van der Waals surface area contributed by atoms with Gasteiger partial charge >= 0.3 is 0 Å². The number of ketones is 1. The maximum atomic E-state index is 12.1. The highest BCUT2D eigenvalue weighted by Crippen LogP contribution is 2.37. The Morgan fingerprint density at radius 2 is 2.20 bits per heavy atom. The van der Waals surface area contributed by atoms with E-state index in [1.54, 1.807) is 6.08 Å². The Hall–Kier alpha value is -1.77. The van der Waals surface area contributed by atoms with E-state index in [9.17, 15) is 10.1 Å². The first-order chi connectivity index (χ1) is 11.5. The SMILES string of the molecule is CCCCOC1=C(CN)N(CC(C)C)C=C2CC(=O)C(C#N)C=C21.Cl. The number of nitrogens with two attached hydrogens (primary N) is 1. The van der Waals surface area contributed by atoms with Gasteiger partial charge in [0, 0.05) is 31.3 Å². The van der Waals surface area contributed by atoms with Crippen molar-refractivity contribution in [1.82, 2.24) is 4.90 Å². The van der Waals surface area contributed by atoms with E-state index in [4.69, 9.17) is 10.5 Å². The Labute approximate surface area is 156 Å². The average Bonchev–Trinajstić information content (AvgIpc) is 2.53. The Bertz CT molecular complexity index is 629. The number of nitriles is 1. The van der Waals surface area contributed by atoms with Crippen molar-refractivity contribution in [2.45, 2.75) is 40.0 Å². The Morgan fingerprint density at radius 3 is 2.76 bits per heavy atom. The van der Waals surface area contributed by atoms with Gasteiger partial charge < -0.3 is 15.4 Å². The molecule has 2 aliphatic rings. The number of carbonyl (C=O) groups is 1. The standard InChI is InChI=1S/C19H27N3O2.ClH/c1-4-5-6-24-19-16-7-14(9-20)18(23)8-15(16)12-22(11-13(2)3)17(19)10-21;/h7,12-14H,4-6,8,10-11,21H2,1-3H3;1H. The number of carbonyl (C=O) groups excluding carboxylic acids is 1. The minimum absolute atomic E-state index is 0. The van der Waals surface area contributed by atoms with Gasteiger partial charge in [0.25, 0.3) is 0 Å². The predicted octanol–water partition coefficient (Wildman–Crippen LogP) is 3.29. The van der Waals surface area contributed by atoms with E-state index in [0.29, 0.717) is 19.1 Å². The monoisotopic (exact) mass is 365 g/mol. The third-order valence-corrected chi connectivity index (χ3v) is 4.19. The molecule has 1 unspecified atom stereocenters. The molecule has 0 bridgehead atoms. The van der Waals surface area contributed by atoms with E-state index in [1.807, 2.05) is 6.20 Å². The normalized spacial score (nSPS) is 19.8. The highest BCUT2D eigenvalue weighted by molar-refractivity contribution is 5.91. The van der Waals surface area contributed by atoms with Crippen molar-refractivity contribution in [2.24, 2.45) is 17.6 Å². The number of unbranched alkanes of at least 4 members (excludes halogenated alkanes) is 1. The van der Waals surface area contributed by atoms with Gasteiger partial charge in [-0.3, -0.25) is 4.79 Å². The summed E-state index contributed by atoms with van der Waals surface area (Å²) in [5.74, 6) is 0.451. The van der Waals surface area contributed by atoms with Crippen LogP contribution in [-0.4, -0.2) is 30.4 Å². The fourth-order valence-electron chi connectivity index (χ4n) is 3.00. The highest BCUT2D eigenvalue weighted by atomic mass is 35.5. The van der Waals surface area contributed by atoms with Gasteiger partial charge in [0.05, 0.1) is 18.4 Å². The van der Waals surface area contributed by atoms with Crippen LogP contribution in [0.2, 0.25) is 0 Å². The van der Waals surface area contributed by atoms with Crippen LogP contribution in [0.4, 0.5) is 0 Å². The minimum atomic E-state index is -0.697. The lowest BCUT2D eigenvalue weighted by atomic mass is 9.83. The summed E-state index contributed by atoms with van der Waals surface area (Å²) in [6, 6.07) is 2.07. The maximum Gasteiger partial charge on any atom is 0.158 e. The number of ether oxygens (including phenoxy) is 1. The van der Waals surface area contributed by atoms with Crippen LogP contribution in [0.25, 0.3) is 0 Å². The molecule has 6 heteroatoms. The molecule has 0 radical (unpaired) electrons. The van der Waals surface area contributed by atoms with E-state index < -0.39 is 5.92 Å². The number of nitrogens with zero attached hydrogens (tertiary/aromatic N) is 2. The zero-order valence-corrected chi connectivity index (χ0v) is 16.1. The molecule has 25 heavy (non-hydrogen) atoms. The van der Waals surface area contributed by atoms with Gasteiger partial charge in [0.1, 0.15) is 11.7 Å². The average molecular weight is 366 g/mol. The topological polar surface area (TPSA) is 79.3 Å². The van der Waals surface area contributed by atoms with Crippen LogP contribution >= 0.6 is 12.4 Å². The van der Waals surface area contributed by atoms with Gasteiger partial charge in [-0.2, -0.15) is 5.26 Å². The van der Waals surface area contributed by atoms with E-state index in [0.717, 1.165) is 42.0 Å². The molecule has 1 aliphatic heterocycles. The summed E-state index contributed by atoms with van der Waals surface area (Å²) in [6.45, 7) is 8.20. The van der Waals surface area contributed by atoms with Crippen LogP contribution in [0.5, 0.6) is 0 Å². The molecule has 0 spiro atoms. The zero-order chi connectivity index (χ0) is 17.7. The first-order valence-corrected chi connectivity index (χ1v) is 8.70. The van der Waals surface area contributed by atoms with Crippen LogP contribution < -0.4 is 5.73 Å². The van der Waals surface area contributed by atoms with Gasteiger partial charge in [-0.05, 0) is 24.0 Å². The number of halogens is 1. The number of Topliss-reactive ketones (excluding diaryl/α,β-unsaturated/α-hetero) is 1. The molecule has 1 atom stereocenters. The molecule has 2 rings (SSSR count). The third-order valence-electron chi connectivity index (χ3n) is 4.19. The number of hydrogen-bond donors (Lipinski definition) is 1. The lowest BCUT2D eigenvalue weighted by Crippen LogP contribution is -2.34. The van der Waals surface area contributed by atoms with Crippen molar-refractivity contribution in [3.05, 3.63) is 34.9 Å². The second-order valence-corrected chi connectivity index (χ2v) is 6.71. The van der Waals surface area contributed by atoms with Crippen molar-refractivity contribution >= 4 is 18.2 Å². The molecular formula is C19H28ClN3O2. The van der Waals surface area contributed by atoms with Crippen LogP contribution in [0.15, 0.2) is 34.9 Å². The van der Waals surface area contributed by atoms with Crippen LogP contribution in [-0.2, 0) is 9.53 Å². The van der Waals surface area contributed by atoms with Crippen molar-refractivity contribution in [3.8, 4) is 6.07 Å².